The van der Waals surface area contributed by atoms with Gasteiger partial charge in [-0.25, -0.2) is 4.79 Å². The number of benzene rings is 1. The normalized spacial score (nSPS) is 22.3. The van der Waals surface area contributed by atoms with Gasteiger partial charge in [-0.2, -0.15) is 0 Å². The standard InChI is InChI=1S/C19H25N3O5/c1-18(2,3)20-15(23)11-22-16(24)19(4,21-17(22)25)12-6-7-13-14(10-12)27-9-5-8-26-13/h6-7,10H,5,8-9,11H2,1-4H3,(H,20,23)(H,21,25). The number of hydrogen-bond donors (Lipinski definition) is 2. The van der Waals surface area contributed by atoms with Crippen LogP contribution >= 0.6 is 0 Å². The summed E-state index contributed by atoms with van der Waals surface area (Å²) in [5, 5.41) is 5.45. The van der Waals surface area contributed by atoms with Gasteiger partial charge in [0, 0.05) is 12.0 Å². The molecule has 4 amide bonds. The average molecular weight is 375 g/mol. The number of urea groups is 1. The number of nitrogens with one attached hydrogen (secondary N) is 2. The van der Waals surface area contributed by atoms with Crippen LogP contribution in [-0.4, -0.2) is 48.0 Å². The zero-order chi connectivity index (χ0) is 19.8. The number of carbonyl (C=O) groups excluding carboxylic acids is 3. The first-order valence-electron chi connectivity index (χ1n) is 8.95. The van der Waals surface area contributed by atoms with Gasteiger partial charge in [-0.05, 0) is 45.4 Å². The van der Waals surface area contributed by atoms with Gasteiger partial charge in [0.2, 0.25) is 5.91 Å². The molecule has 8 heteroatoms. The van der Waals surface area contributed by atoms with Crippen LogP contribution in [0.4, 0.5) is 4.79 Å². The molecule has 1 atom stereocenters. The summed E-state index contributed by atoms with van der Waals surface area (Å²) in [6.45, 7) is 7.87. The summed E-state index contributed by atoms with van der Waals surface area (Å²) < 4.78 is 11.3. The molecule has 0 radical (unpaired) electrons. The van der Waals surface area contributed by atoms with Crippen molar-refractivity contribution in [3.63, 3.8) is 0 Å². The first kappa shape index (κ1) is 19.0. The number of imide groups is 1. The minimum absolute atomic E-state index is 0.331. The number of hydrogen-bond acceptors (Lipinski definition) is 5. The summed E-state index contributed by atoms with van der Waals surface area (Å²) in [4.78, 5) is 38.4. The van der Waals surface area contributed by atoms with Crippen LogP contribution in [0, 0.1) is 0 Å². The van der Waals surface area contributed by atoms with E-state index in [2.05, 4.69) is 10.6 Å². The van der Waals surface area contributed by atoms with Crippen LogP contribution in [0.3, 0.4) is 0 Å². The Bertz CT molecular complexity index is 786. The molecule has 27 heavy (non-hydrogen) atoms. The Morgan fingerprint density at radius 1 is 1.22 bits per heavy atom. The lowest BCUT2D eigenvalue weighted by molar-refractivity contribution is -0.135. The van der Waals surface area contributed by atoms with E-state index in [1.54, 1.807) is 25.1 Å². The van der Waals surface area contributed by atoms with E-state index in [1.807, 2.05) is 20.8 Å². The lowest BCUT2D eigenvalue weighted by Crippen LogP contribution is -2.48. The molecule has 0 saturated carbocycles. The van der Waals surface area contributed by atoms with Crippen LogP contribution in [0.25, 0.3) is 0 Å². The zero-order valence-corrected chi connectivity index (χ0v) is 16.0. The summed E-state index contributed by atoms with van der Waals surface area (Å²) in [6, 6.07) is 4.57. The quantitative estimate of drug-likeness (QED) is 0.781. The molecule has 0 bridgehead atoms. The Hall–Kier alpha value is -2.77. The highest BCUT2D eigenvalue weighted by Gasteiger charge is 2.49. The first-order valence-corrected chi connectivity index (χ1v) is 8.95. The second-order valence-corrected chi connectivity index (χ2v) is 7.96. The molecule has 0 aliphatic carbocycles. The number of ether oxygens (including phenoxy) is 2. The summed E-state index contributed by atoms with van der Waals surface area (Å²) in [7, 11) is 0. The van der Waals surface area contributed by atoms with E-state index in [4.69, 9.17) is 9.47 Å². The Morgan fingerprint density at radius 3 is 2.56 bits per heavy atom. The maximum atomic E-state index is 13.0. The molecule has 1 unspecified atom stereocenters. The van der Waals surface area contributed by atoms with Gasteiger partial charge in [-0.1, -0.05) is 6.07 Å². The summed E-state index contributed by atoms with van der Waals surface area (Å²) in [6.07, 6.45) is 0.771. The van der Waals surface area contributed by atoms with Crippen LogP contribution in [0.15, 0.2) is 18.2 Å². The molecule has 2 aliphatic rings. The molecule has 1 aromatic carbocycles. The topological polar surface area (TPSA) is 97.0 Å². The number of carbonyl (C=O) groups is 3. The summed E-state index contributed by atoms with van der Waals surface area (Å²) in [5.41, 5.74) is -1.15. The van der Waals surface area contributed by atoms with Gasteiger partial charge >= 0.3 is 6.03 Å². The smallest absolute Gasteiger partial charge is 0.325 e. The number of amides is 4. The number of rotatable bonds is 3. The van der Waals surface area contributed by atoms with E-state index in [9.17, 15) is 14.4 Å². The van der Waals surface area contributed by atoms with Gasteiger partial charge < -0.3 is 20.1 Å². The van der Waals surface area contributed by atoms with E-state index in [1.165, 1.54) is 0 Å². The first-order chi connectivity index (χ1) is 12.6. The minimum Gasteiger partial charge on any atom is -0.490 e. The van der Waals surface area contributed by atoms with Crippen molar-refractivity contribution in [3.05, 3.63) is 23.8 Å². The maximum Gasteiger partial charge on any atom is 0.325 e. The van der Waals surface area contributed by atoms with Gasteiger partial charge in [0.1, 0.15) is 12.1 Å². The third kappa shape index (κ3) is 3.84. The Morgan fingerprint density at radius 2 is 1.89 bits per heavy atom. The molecule has 2 heterocycles. The van der Waals surface area contributed by atoms with Gasteiger partial charge in [0.15, 0.2) is 11.5 Å². The van der Waals surface area contributed by atoms with Crippen molar-refractivity contribution in [2.24, 2.45) is 0 Å². The fourth-order valence-corrected chi connectivity index (χ4v) is 3.11. The van der Waals surface area contributed by atoms with Crippen molar-refractivity contribution in [1.29, 1.82) is 0 Å². The molecule has 0 spiro atoms. The molecule has 146 valence electrons. The molecular formula is C19H25N3O5. The van der Waals surface area contributed by atoms with Gasteiger partial charge in [0.25, 0.3) is 5.91 Å². The van der Waals surface area contributed by atoms with E-state index in [-0.39, 0.29) is 6.54 Å². The van der Waals surface area contributed by atoms with Crippen LogP contribution in [-0.2, 0) is 15.1 Å². The largest absolute Gasteiger partial charge is 0.490 e. The Balaban J connectivity index is 1.82. The fourth-order valence-electron chi connectivity index (χ4n) is 3.11. The third-order valence-electron chi connectivity index (χ3n) is 4.42. The van der Waals surface area contributed by atoms with Crippen LogP contribution < -0.4 is 20.1 Å². The van der Waals surface area contributed by atoms with Crippen LogP contribution in [0.2, 0.25) is 0 Å². The van der Waals surface area contributed by atoms with E-state index in [0.29, 0.717) is 30.3 Å². The van der Waals surface area contributed by atoms with Crippen molar-refractivity contribution in [2.45, 2.75) is 45.2 Å². The predicted octanol–water partition coefficient (Wildman–Crippen LogP) is 1.53. The fraction of sp³-hybridized carbons (Fsp3) is 0.526. The molecule has 1 fully saturated rings. The summed E-state index contributed by atoms with van der Waals surface area (Å²) >= 11 is 0. The number of nitrogens with zero attached hydrogens (tertiary/aromatic N) is 1. The maximum absolute atomic E-state index is 13.0. The van der Waals surface area contributed by atoms with E-state index in [0.717, 1.165) is 11.3 Å². The van der Waals surface area contributed by atoms with E-state index < -0.39 is 28.9 Å². The molecule has 1 saturated heterocycles. The highest BCUT2D eigenvalue weighted by Crippen LogP contribution is 2.36. The van der Waals surface area contributed by atoms with Crippen LogP contribution in [0.5, 0.6) is 11.5 Å². The Kier molecular flexibility index (Phi) is 4.75. The third-order valence-corrected chi connectivity index (χ3v) is 4.42. The predicted molar refractivity (Wildman–Crippen MR) is 97.5 cm³/mol. The minimum atomic E-state index is -1.27. The highest BCUT2D eigenvalue weighted by atomic mass is 16.5. The van der Waals surface area contributed by atoms with Crippen LogP contribution in [0.1, 0.15) is 39.7 Å². The molecule has 0 aromatic heterocycles. The molecule has 3 rings (SSSR count). The van der Waals surface area contributed by atoms with Crippen molar-refractivity contribution >= 4 is 17.8 Å². The van der Waals surface area contributed by atoms with E-state index >= 15 is 0 Å². The molecular weight excluding hydrogens is 350 g/mol. The summed E-state index contributed by atoms with van der Waals surface area (Å²) in [5.74, 6) is 0.273. The second-order valence-electron chi connectivity index (χ2n) is 7.96. The SMILES string of the molecule is CC(C)(C)NC(=O)CN1C(=O)NC(C)(c2ccc3c(c2)OCCCO3)C1=O. The lowest BCUT2D eigenvalue weighted by Gasteiger charge is -2.24. The molecule has 2 N–H and O–H groups in total. The lowest BCUT2D eigenvalue weighted by atomic mass is 9.91. The second kappa shape index (κ2) is 6.75. The Labute approximate surface area is 158 Å². The molecule has 2 aliphatic heterocycles. The van der Waals surface area contributed by atoms with Crippen molar-refractivity contribution in [3.8, 4) is 11.5 Å². The molecule has 1 aromatic rings. The van der Waals surface area contributed by atoms with Crippen molar-refractivity contribution in [2.75, 3.05) is 19.8 Å². The zero-order valence-electron chi connectivity index (χ0n) is 16.0. The average Bonchev–Trinajstić information content (AvgIpc) is 2.74. The number of fused-ring (bicyclic) bond motifs is 1. The monoisotopic (exact) mass is 375 g/mol. The molecule has 8 nitrogen and oxygen atoms in total. The van der Waals surface area contributed by atoms with Gasteiger partial charge in [-0.3, -0.25) is 14.5 Å². The van der Waals surface area contributed by atoms with Crippen molar-refractivity contribution in [1.82, 2.24) is 15.5 Å². The van der Waals surface area contributed by atoms with Gasteiger partial charge in [0.05, 0.1) is 13.2 Å². The van der Waals surface area contributed by atoms with Crippen molar-refractivity contribution < 1.29 is 23.9 Å². The highest BCUT2D eigenvalue weighted by molar-refractivity contribution is 6.09. The van der Waals surface area contributed by atoms with Gasteiger partial charge in [-0.15, -0.1) is 0 Å².